The van der Waals surface area contributed by atoms with E-state index in [1.807, 2.05) is 17.0 Å². The van der Waals surface area contributed by atoms with E-state index in [-0.39, 0.29) is 11.6 Å². The number of pyridine rings is 2. The maximum Gasteiger partial charge on any atom is 0.365 e. The van der Waals surface area contributed by atoms with Crippen molar-refractivity contribution in [1.29, 1.82) is 0 Å². The van der Waals surface area contributed by atoms with E-state index in [1.54, 1.807) is 18.3 Å². The second kappa shape index (κ2) is 6.80. The fraction of sp³-hybridized carbons (Fsp3) is 0.238. The van der Waals surface area contributed by atoms with E-state index < -0.39 is 4.92 Å². The Hall–Kier alpha value is -3.55. The highest BCUT2D eigenvalue weighted by molar-refractivity contribution is 5.76. The fourth-order valence-electron chi connectivity index (χ4n) is 3.62. The Bertz CT molecular complexity index is 1120. The van der Waals surface area contributed by atoms with Crippen LogP contribution in [0.5, 0.6) is 5.75 Å². The predicted molar refractivity (Wildman–Crippen MR) is 105 cm³/mol. The van der Waals surface area contributed by atoms with Crippen LogP contribution in [0.1, 0.15) is 24.3 Å². The summed E-state index contributed by atoms with van der Waals surface area (Å²) in [6.07, 6.45) is 5.25. The van der Waals surface area contributed by atoms with E-state index in [1.165, 1.54) is 18.3 Å². The van der Waals surface area contributed by atoms with Gasteiger partial charge in [0.05, 0.1) is 35.9 Å². The predicted octanol–water partition coefficient (Wildman–Crippen LogP) is 4.60. The topological polar surface area (TPSA) is 81.4 Å². The summed E-state index contributed by atoms with van der Waals surface area (Å²) in [5.41, 5.74) is 3.39. The quantitative estimate of drug-likeness (QED) is 0.477. The van der Waals surface area contributed by atoms with Crippen molar-refractivity contribution in [3.63, 3.8) is 0 Å². The lowest BCUT2D eigenvalue weighted by Gasteiger charge is -2.31. The van der Waals surface area contributed by atoms with E-state index in [9.17, 15) is 14.5 Å². The lowest BCUT2D eigenvalue weighted by atomic mass is 10.0. The minimum atomic E-state index is -0.526. The molecule has 0 amide bonds. The van der Waals surface area contributed by atoms with Gasteiger partial charge in [0, 0.05) is 11.6 Å². The van der Waals surface area contributed by atoms with Gasteiger partial charge in [0.2, 0.25) is 0 Å². The van der Waals surface area contributed by atoms with Gasteiger partial charge in [0.25, 0.3) is 0 Å². The number of hydrogen-bond acceptors (Lipinski definition) is 6. The number of nitro groups is 1. The molecule has 7 nitrogen and oxygen atoms in total. The number of hydrogen-bond donors (Lipinski definition) is 0. The summed E-state index contributed by atoms with van der Waals surface area (Å²) >= 11 is 0. The van der Waals surface area contributed by atoms with Crippen molar-refractivity contribution in [2.75, 3.05) is 18.1 Å². The summed E-state index contributed by atoms with van der Waals surface area (Å²) in [4.78, 5) is 20.7. The number of halogens is 1. The smallest absolute Gasteiger partial charge is 0.365 e. The third-order valence-electron chi connectivity index (χ3n) is 5.25. The number of anilines is 2. The highest BCUT2D eigenvalue weighted by Crippen LogP contribution is 2.43. The van der Waals surface area contributed by atoms with Gasteiger partial charge in [0.15, 0.2) is 5.75 Å². The van der Waals surface area contributed by atoms with Crippen LogP contribution in [0.25, 0.3) is 11.3 Å². The van der Waals surface area contributed by atoms with Gasteiger partial charge in [-0.1, -0.05) is 6.07 Å². The van der Waals surface area contributed by atoms with Crippen LogP contribution in [0, 0.1) is 15.9 Å². The van der Waals surface area contributed by atoms with Crippen LogP contribution < -0.4 is 9.64 Å². The Morgan fingerprint density at radius 2 is 2.03 bits per heavy atom. The van der Waals surface area contributed by atoms with Crippen molar-refractivity contribution in [1.82, 2.24) is 9.97 Å². The molecule has 3 aromatic rings. The lowest BCUT2D eigenvalue weighted by molar-refractivity contribution is -0.389. The molecular weight excluding hydrogens is 375 g/mol. The SMILES string of the molecule is O=[N+]([O-])c1cc(N2CCOc3cnc(-c4cc(C5CC5)ccc4F)cc32)ccn1. The molecule has 1 fully saturated rings. The van der Waals surface area contributed by atoms with Crippen molar-refractivity contribution in [2.45, 2.75) is 18.8 Å². The number of benzene rings is 1. The third kappa shape index (κ3) is 3.26. The molecule has 0 spiro atoms. The molecule has 0 atom stereocenters. The average molecular weight is 392 g/mol. The zero-order chi connectivity index (χ0) is 20.0. The first-order valence-electron chi connectivity index (χ1n) is 9.41. The summed E-state index contributed by atoms with van der Waals surface area (Å²) in [5, 5.41) is 11.1. The van der Waals surface area contributed by atoms with Crippen LogP contribution in [0.15, 0.2) is 48.8 Å². The van der Waals surface area contributed by atoms with Crippen molar-refractivity contribution in [2.24, 2.45) is 0 Å². The van der Waals surface area contributed by atoms with Gasteiger partial charge in [0.1, 0.15) is 18.6 Å². The number of ether oxygens (including phenoxy) is 1. The van der Waals surface area contributed by atoms with Crippen LogP contribution in [-0.4, -0.2) is 28.0 Å². The summed E-state index contributed by atoms with van der Waals surface area (Å²) < 4.78 is 20.3. The molecule has 3 heterocycles. The average Bonchev–Trinajstić information content (AvgIpc) is 3.59. The minimum Gasteiger partial charge on any atom is -0.488 e. The van der Waals surface area contributed by atoms with Gasteiger partial charge in [-0.05, 0) is 52.4 Å². The number of fused-ring (bicyclic) bond motifs is 1. The van der Waals surface area contributed by atoms with Crippen molar-refractivity contribution >= 4 is 17.2 Å². The largest absolute Gasteiger partial charge is 0.488 e. The molecule has 0 unspecified atom stereocenters. The zero-order valence-electron chi connectivity index (χ0n) is 15.4. The molecule has 1 aromatic carbocycles. The molecule has 1 aliphatic heterocycles. The second-order valence-corrected chi connectivity index (χ2v) is 7.18. The van der Waals surface area contributed by atoms with Gasteiger partial charge < -0.3 is 19.8 Å². The van der Waals surface area contributed by atoms with Gasteiger partial charge in [-0.25, -0.2) is 4.39 Å². The molecule has 29 heavy (non-hydrogen) atoms. The molecule has 146 valence electrons. The Morgan fingerprint density at radius 1 is 1.17 bits per heavy atom. The summed E-state index contributed by atoms with van der Waals surface area (Å²) in [6, 6.07) is 10.1. The first-order chi connectivity index (χ1) is 14.1. The summed E-state index contributed by atoms with van der Waals surface area (Å²) in [5.74, 6) is 0.500. The fourth-order valence-corrected chi connectivity index (χ4v) is 3.62. The molecule has 2 aromatic heterocycles. The molecule has 0 N–H and O–H groups in total. The van der Waals surface area contributed by atoms with E-state index in [4.69, 9.17) is 4.74 Å². The van der Waals surface area contributed by atoms with E-state index in [0.29, 0.717) is 47.5 Å². The van der Waals surface area contributed by atoms with Crippen molar-refractivity contribution < 1.29 is 14.1 Å². The molecule has 1 saturated carbocycles. The molecule has 0 bridgehead atoms. The summed E-state index contributed by atoms with van der Waals surface area (Å²) in [7, 11) is 0. The Morgan fingerprint density at radius 3 is 2.83 bits per heavy atom. The Labute approximate surface area is 165 Å². The molecule has 5 rings (SSSR count). The maximum absolute atomic E-state index is 14.6. The number of rotatable bonds is 4. The van der Waals surface area contributed by atoms with Gasteiger partial charge in [-0.3, -0.25) is 4.98 Å². The van der Waals surface area contributed by atoms with Crippen LogP contribution in [0.4, 0.5) is 21.6 Å². The minimum absolute atomic E-state index is 0.229. The normalized spacial score (nSPS) is 15.6. The third-order valence-corrected chi connectivity index (χ3v) is 5.25. The Balaban J connectivity index is 1.58. The highest BCUT2D eigenvalue weighted by atomic mass is 19.1. The number of aromatic nitrogens is 2. The van der Waals surface area contributed by atoms with Gasteiger partial charge in [-0.15, -0.1) is 0 Å². The zero-order valence-corrected chi connectivity index (χ0v) is 15.4. The lowest BCUT2D eigenvalue weighted by Crippen LogP contribution is -2.28. The maximum atomic E-state index is 14.6. The van der Waals surface area contributed by atoms with Gasteiger partial charge >= 0.3 is 5.82 Å². The molecule has 1 aliphatic carbocycles. The van der Waals surface area contributed by atoms with Crippen molar-refractivity contribution in [3.05, 3.63) is 70.3 Å². The van der Waals surface area contributed by atoms with Crippen molar-refractivity contribution in [3.8, 4) is 17.0 Å². The molecule has 2 aliphatic rings. The van der Waals surface area contributed by atoms with Crippen LogP contribution >= 0.6 is 0 Å². The highest BCUT2D eigenvalue weighted by Gasteiger charge is 2.26. The van der Waals surface area contributed by atoms with Crippen LogP contribution in [0.2, 0.25) is 0 Å². The summed E-state index contributed by atoms with van der Waals surface area (Å²) in [6.45, 7) is 0.915. The molecule has 8 heteroatoms. The standard InChI is InChI=1S/C21H17FN4O3/c22-17-4-3-14(13-1-2-13)9-16(17)18-11-19-20(12-24-18)29-8-7-25(19)15-5-6-23-21(10-15)26(27)28/h3-6,9-13H,1-2,7-8H2. The molecular formula is C21H17FN4O3. The van der Waals surface area contributed by atoms with E-state index in [0.717, 1.165) is 18.4 Å². The molecule has 0 radical (unpaired) electrons. The monoisotopic (exact) mass is 392 g/mol. The second-order valence-electron chi connectivity index (χ2n) is 7.18. The number of nitrogens with zero attached hydrogens (tertiary/aromatic N) is 4. The van der Waals surface area contributed by atoms with Crippen LogP contribution in [0.3, 0.4) is 0 Å². The van der Waals surface area contributed by atoms with E-state index >= 15 is 0 Å². The molecule has 0 saturated heterocycles. The van der Waals surface area contributed by atoms with E-state index in [2.05, 4.69) is 9.97 Å². The van der Waals surface area contributed by atoms with Crippen LogP contribution in [-0.2, 0) is 0 Å². The van der Waals surface area contributed by atoms with Gasteiger partial charge in [-0.2, -0.15) is 0 Å². The Kier molecular flexibility index (Phi) is 4.12. The first-order valence-corrected chi connectivity index (χ1v) is 9.41. The first kappa shape index (κ1) is 17.5.